The van der Waals surface area contributed by atoms with Gasteiger partial charge in [0.05, 0.1) is 0 Å². The summed E-state index contributed by atoms with van der Waals surface area (Å²) >= 11 is 0. The van der Waals surface area contributed by atoms with Crippen LogP contribution >= 0.6 is 0 Å². The summed E-state index contributed by atoms with van der Waals surface area (Å²) in [4.78, 5) is 24.2. The van der Waals surface area contributed by atoms with Crippen LogP contribution in [-0.4, -0.2) is 20.3 Å². The fourth-order valence-corrected chi connectivity index (χ4v) is 2.82. The van der Waals surface area contributed by atoms with E-state index in [9.17, 15) is 9.59 Å². The Kier molecular flexibility index (Phi) is 3.83. The van der Waals surface area contributed by atoms with Gasteiger partial charge in [0.15, 0.2) is 5.69 Å². The van der Waals surface area contributed by atoms with Crippen LogP contribution in [0.1, 0.15) is 48.9 Å². The molecule has 1 amide bonds. The Morgan fingerprint density at radius 1 is 1.50 bits per heavy atom. The fraction of sp³-hybridized carbons (Fsp3) is 0.438. The lowest BCUT2D eigenvalue weighted by molar-refractivity contribution is 0.102. The molecule has 0 fully saturated rings. The molecule has 2 aromatic heterocycles. The number of anilines is 1. The van der Waals surface area contributed by atoms with Gasteiger partial charge in [-0.3, -0.25) is 14.3 Å². The second kappa shape index (κ2) is 5.79. The van der Waals surface area contributed by atoms with Crippen molar-refractivity contribution >= 4 is 11.6 Å². The Labute approximate surface area is 128 Å². The molecular formula is C16H20N4O2. The number of hydrogen-bond acceptors (Lipinski definition) is 3. The fourth-order valence-electron chi connectivity index (χ4n) is 2.82. The molecule has 0 saturated carbocycles. The highest BCUT2D eigenvalue weighted by atomic mass is 16.2. The van der Waals surface area contributed by atoms with Gasteiger partial charge in [-0.05, 0) is 39.2 Å². The predicted molar refractivity (Wildman–Crippen MR) is 84.2 cm³/mol. The highest BCUT2D eigenvalue weighted by molar-refractivity contribution is 6.02. The third kappa shape index (κ3) is 2.68. The van der Waals surface area contributed by atoms with Gasteiger partial charge in [-0.2, -0.15) is 5.10 Å². The minimum Gasteiger partial charge on any atom is -0.352 e. The number of amides is 1. The van der Waals surface area contributed by atoms with Gasteiger partial charge in [0.1, 0.15) is 5.69 Å². The van der Waals surface area contributed by atoms with Crippen LogP contribution in [0.4, 0.5) is 5.69 Å². The molecule has 1 aliphatic rings. The van der Waals surface area contributed by atoms with Gasteiger partial charge in [0.25, 0.3) is 5.91 Å². The molecule has 0 saturated heterocycles. The Morgan fingerprint density at radius 2 is 2.32 bits per heavy atom. The predicted octanol–water partition coefficient (Wildman–Crippen LogP) is 2.21. The molecule has 0 bridgehead atoms. The van der Waals surface area contributed by atoms with E-state index in [2.05, 4.69) is 17.3 Å². The lowest BCUT2D eigenvalue weighted by Crippen LogP contribution is -2.20. The first-order chi connectivity index (χ1) is 10.6. The SMILES string of the molecule is CCn1ccc(=O)c(NC(=O)c2cc3n(n2)C(C)CCC3)c1. The number of carbonyl (C=O) groups excluding carboxylic acids is 1. The van der Waals surface area contributed by atoms with Crippen LogP contribution in [0.15, 0.2) is 29.3 Å². The first-order valence-electron chi connectivity index (χ1n) is 7.68. The van der Waals surface area contributed by atoms with Crippen molar-refractivity contribution in [3.63, 3.8) is 0 Å². The highest BCUT2D eigenvalue weighted by Crippen LogP contribution is 2.24. The van der Waals surface area contributed by atoms with Crippen LogP contribution in [0.2, 0.25) is 0 Å². The average molecular weight is 300 g/mol. The molecule has 2 aromatic rings. The molecule has 116 valence electrons. The summed E-state index contributed by atoms with van der Waals surface area (Å²) in [5.74, 6) is -0.333. The van der Waals surface area contributed by atoms with E-state index in [0.29, 0.717) is 11.7 Å². The van der Waals surface area contributed by atoms with E-state index in [4.69, 9.17) is 0 Å². The summed E-state index contributed by atoms with van der Waals surface area (Å²) in [5.41, 5.74) is 1.54. The van der Waals surface area contributed by atoms with Gasteiger partial charge >= 0.3 is 0 Å². The molecule has 0 aliphatic carbocycles. The zero-order valence-corrected chi connectivity index (χ0v) is 12.9. The maximum Gasteiger partial charge on any atom is 0.276 e. The lowest BCUT2D eigenvalue weighted by Gasteiger charge is -2.20. The Hall–Kier alpha value is -2.37. The van der Waals surface area contributed by atoms with E-state index in [-0.39, 0.29) is 17.0 Å². The standard InChI is InChI=1S/C16H20N4O2/c1-3-19-8-7-15(21)14(10-19)17-16(22)13-9-12-6-4-5-11(2)20(12)18-13/h7-11H,3-6H2,1-2H3,(H,17,22). The van der Waals surface area contributed by atoms with E-state index >= 15 is 0 Å². The number of aromatic nitrogens is 3. The van der Waals surface area contributed by atoms with Crippen molar-refractivity contribution in [3.05, 3.63) is 46.1 Å². The molecule has 3 heterocycles. The molecule has 1 N–H and O–H groups in total. The third-order valence-electron chi connectivity index (χ3n) is 4.11. The first-order valence-corrected chi connectivity index (χ1v) is 7.68. The molecule has 0 aromatic carbocycles. The summed E-state index contributed by atoms with van der Waals surface area (Å²) in [7, 11) is 0. The van der Waals surface area contributed by atoms with Crippen molar-refractivity contribution in [2.45, 2.75) is 45.7 Å². The molecule has 1 aliphatic heterocycles. The van der Waals surface area contributed by atoms with Crippen LogP contribution in [0.3, 0.4) is 0 Å². The summed E-state index contributed by atoms with van der Waals surface area (Å²) in [6.45, 7) is 4.81. The Morgan fingerprint density at radius 3 is 3.05 bits per heavy atom. The minimum atomic E-state index is -0.333. The van der Waals surface area contributed by atoms with Gasteiger partial charge in [-0.15, -0.1) is 0 Å². The molecular weight excluding hydrogens is 280 g/mol. The number of rotatable bonds is 3. The summed E-state index contributed by atoms with van der Waals surface area (Å²) < 4.78 is 3.77. The van der Waals surface area contributed by atoms with Crippen molar-refractivity contribution in [1.82, 2.24) is 14.3 Å². The molecule has 6 nitrogen and oxygen atoms in total. The third-order valence-corrected chi connectivity index (χ3v) is 4.11. The van der Waals surface area contributed by atoms with Gasteiger partial charge < -0.3 is 9.88 Å². The van der Waals surface area contributed by atoms with E-state index in [1.165, 1.54) is 6.07 Å². The van der Waals surface area contributed by atoms with Crippen LogP contribution in [0, 0.1) is 0 Å². The number of fused-ring (bicyclic) bond motifs is 1. The van der Waals surface area contributed by atoms with Crippen LogP contribution in [0.5, 0.6) is 0 Å². The number of aryl methyl sites for hydroxylation is 2. The summed E-state index contributed by atoms with van der Waals surface area (Å²) in [6.07, 6.45) is 6.50. The lowest BCUT2D eigenvalue weighted by atomic mass is 10.0. The number of nitrogens with zero attached hydrogens (tertiary/aromatic N) is 3. The first kappa shape index (κ1) is 14.6. The second-order valence-corrected chi connectivity index (χ2v) is 5.71. The average Bonchev–Trinajstić information content (AvgIpc) is 2.95. The van der Waals surface area contributed by atoms with Gasteiger partial charge in [0, 0.05) is 36.7 Å². The largest absolute Gasteiger partial charge is 0.352 e. The normalized spacial score (nSPS) is 17.1. The number of hydrogen-bond donors (Lipinski definition) is 1. The molecule has 6 heteroatoms. The van der Waals surface area contributed by atoms with Gasteiger partial charge in [-0.25, -0.2) is 0 Å². The Balaban J connectivity index is 1.85. The van der Waals surface area contributed by atoms with Crippen LogP contribution in [-0.2, 0) is 13.0 Å². The number of pyridine rings is 1. The maximum absolute atomic E-state index is 12.4. The van der Waals surface area contributed by atoms with Crippen LogP contribution in [0.25, 0.3) is 0 Å². The molecule has 0 spiro atoms. The zero-order chi connectivity index (χ0) is 15.7. The molecule has 3 rings (SSSR count). The smallest absolute Gasteiger partial charge is 0.276 e. The van der Waals surface area contributed by atoms with E-state index in [1.54, 1.807) is 12.4 Å². The van der Waals surface area contributed by atoms with E-state index in [1.807, 2.05) is 22.2 Å². The molecule has 22 heavy (non-hydrogen) atoms. The minimum absolute atomic E-state index is 0.199. The summed E-state index contributed by atoms with van der Waals surface area (Å²) in [5, 5.41) is 7.07. The second-order valence-electron chi connectivity index (χ2n) is 5.71. The van der Waals surface area contributed by atoms with Crippen molar-refractivity contribution in [1.29, 1.82) is 0 Å². The summed E-state index contributed by atoms with van der Waals surface area (Å²) in [6, 6.07) is 3.60. The topological polar surface area (TPSA) is 68.9 Å². The quantitative estimate of drug-likeness (QED) is 0.945. The number of carbonyl (C=O) groups is 1. The van der Waals surface area contributed by atoms with Crippen molar-refractivity contribution in [3.8, 4) is 0 Å². The molecule has 1 atom stereocenters. The van der Waals surface area contributed by atoms with Crippen molar-refractivity contribution in [2.24, 2.45) is 0 Å². The number of nitrogens with one attached hydrogen (secondary N) is 1. The van der Waals surface area contributed by atoms with E-state index in [0.717, 1.165) is 31.5 Å². The van der Waals surface area contributed by atoms with E-state index < -0.39 is 0 Å². The Bertz CT molecular complexity index is 760. The zero-order valence-electron chi connectivity index (χ0n) is 12.9. The van der Waals surface area contributed by atoms with Crippen molar-refractivity contribution < 1.29 is 4.79 Å². The van der Waals surface area contributed by atoms with Crippen molar-refractivity contribution in [2.75, 3.05) is 5.32 Å². The highest BCUT2D eigenvalue weighted by Gasteiger charge is 2.21. The monoisotopic (exact) mass is 300 g/mol. The van der Waals surface area contributed by atoms with Crippen LogP contribution < -0.4 is 10.7 Å². The van der Waals surface area contributed by atoms with Gasteiger partial charge in [0.2, 0.25) is 5.43 Å². The van der Waals surface area contributed by atoms with Gasteiger partial charge in [-0.1, -0.05) is 0 Å². The molecule has 0 radical (unpaired) electrons. The maximum atomic E-state index is 12.4. The molecule has 1 unspecified atom stereocenters.